The fourth-order valence-corrected chi connectivity index (χ4v) is 1.49. The van der Waals surface area contributed by atoms with E-state index in [0.29, 0.717) is 18.2 Å². The maximum absolute atomic E-state index is 9.59. The minimum Gasteiger partial charge on any atom is -0.508 e. The highest BCUT2D eigenvalue weighted by molar-refractivity contribution is 6.30. The third-order valence-corrected chi connectivity index (χ3v) is 2.39. The van der Waals surface area contributed by atoms with Crippen LogP contribution in [-0.4, -0.2) is 37.3 Å². The van der Waals surface area contributed by atoms with Crippen LogP contribution in [0.4, 0.5) is 0 Å². The fourth-order valence-electron chi connectivity index (χ4n) is 1.30. The van der Waals surface area contributed by atoms with Crippen LogP contribution < -0.4 is 0 Å². The average molecular weight is 230 g/mol. The average Bonchev–Trinajstić information content (AvgIpc) is 2.20. The molecule has 1 aromatic carbocycles. The van der Waals surface area contributed by atoms with E-state index in [-0.39, 0.29) is 5.75 Å². The molecule has 3 nitrogen and oxygen atoms in total. The van der Waals surface area contributed by atoms with Crippen molar-refractivity contribution in [1.29, 1.82) is 0 Å². The molecule has 0 saturated carbocycles. The van der Waals surface area contributed by atoms with E-state index in [1.165, 1.54) is 0 Å². The van der Waals surface area contributed by atoms with Gasteiger partial charge in [0, 0.05) is 30.8 Å². The van der Waals surface area contributed by atoms with Crippen LogP contribution in [0.25, 0.3) is 0 Å². The topological polar surface area (TPSA) is 32.7 Å². The number of ether oxygens (including phenoxy) is 1. The van der Waals surface area contributed by atoms with Gasteiger partial charge >= 0.3 is 0 Å². The van der Waals surface area contributed by atoms with Crippen molar-refractivity contribution < 1.29 is 9.84 Å². The van der Waals surface area contributed by atoms with Gasteiger partial charge in [-0.2, -0.15) is 0 Å². The zero-order chi connectivity index (χ0) is 11.3. The molecule has 4 heteroatoms. The molecule has 0 heterocycles. The van der Waals surface area contributed by atoms with E-state index >= 15 is 0 Å². The number of methoxy groups -OCH3 is 1. The summed E-state index contributed by atoms with van der Waals surface area (Å²) in [6, 6.07) is 5.07. The maximum Gasteiger partial charge on any atom is 0.120 e. The highest BCUT2D eigenvalue weighted by atomic mass is 35.5. The highest BCUT2D eigenvalue weighted by Crippen LogP contribution is 2.22. The number of rotatable bonds is 5. The third-order valence-electron chi connectivity index (χ3n) is 2.16. The molecule has 0 fully saturated rings. The molecule has 0 aliphatic heterocycles. The van der Waals surface area contributed by atoms with Gasteiger partial charge in [0.1, 0.15) is 5.75 Å². The molecule has 0 radical (unpaired) electrons. The summed E-state index contributed by atoms with van der Waals surface area (Å²) in [5.41, 5.74) is 0.834. The molecule has 1 N–H and O–H groups in total. The van der Waals surface area contributed by atoms with Crippen molar-refractivity contribution in [2.24, 2.45) is 0 Å². The summed E-state index contributed by atoms with van der Waals surface area (Å²) in [6.45, 7) is 2.16. The number of hydrogen-bond donors (Lipinski definition) is 1. The molecule has 0 saturated heterocycles. The van der Waals surface area contributed by atoms with Crippen molar-refractivity contribution in [1.82, 2.24) is 4.90 Å². The van der Waals surface area contributed by atoms with E-state index < -0.39 is 0 Å². The van der Waals surface area contributed by atoms with Crippen molar-refractivity contribution in [2.45, 2.75) is 6.54 Å². The highest BCUT2D eigenvalue weighted by Gasteiger charge is 2.05. The molecule has 1 rings (SSSR count). The number of likely N-dealkylation sites (N-methyl/N-ethyl adjacent to an activating group) is 1. The van der Waals surface area contributed by atoms with Gasteiger partial charge in [-0.15, -0.1) is 0 Å². The predicted molar refractivity (Wildman–Crippen MR) is 61.3 cm³/mol. The van der Waals surface area contributed by atoms with Gasteiger partial charge in [0.05, 0.1) is 6.61 Å². The molecule has 0 aromatic heterocycles. The van der Waals surface area contributed by atoms with Crippen LogP contribution in [0.15, 0.2) is 18.2 Å². The van der Waals surface area contributed by atoms with Gasteiger partial charge in [-0.25, -0.2) is 0 Å². The smallest absolute Gasteiger partial charge is 0.120 e. The van der Waals surface area contributed by atoms with E-state index in [0.717, 1.165) is 12.1 Å². The zero-order valence-electron chi connectivity index (χ0n) is 9.03. The lowest BCUT2D eigenvalue weighted by Crippen LogP contribution is -2.22. The normalized spacial score (nSPS) is 10.9. The van der Waals surface area contributed by atoms with Crippen LogP contribution in [0.3, 0.4) is 0 Å². The number of phenols is 1. The third kappa shape index (κ3) is 4.08. The fraction of sp³-hybridized carbons (Fsp3) is 0.455. The Bertz CT molecular complexity index is 317. The monoisotopic (exact) mass is 229 g/mol. The number of benzene rings is 1. The van der Waals surface area contributed by atoms with Gasteiger partial charge in [-0.05, 0) is 25.2 Å². The van der Waals surface area contributed by atoms with E-state index in [2.05, 4.69) is 4.90 Å². The van der Waals surface area contributed by atoms with Gasteiger partial charge in [0.25, 0.3) is 0 Å². The lowest BCUT2D eigenvalue weighted by Gasteiger charge is -2.16. The first-order valence-corrected chi connectivity index (χ1v) is 5.16. The second-order valence-electron chi connectivity index (χ2n) is 3.50. The molecule has 0 spiro atoms. The molecule has 84 valence electrons. The maximum atomic E-state index is 9.59. The Morgan fingerprint density at radius 3 is 2.87 bits per heavy atom. The number of aromatic hydroxyl groups is 1. The molecule has 0 aliphatic rings. The lowest BCUT2D eigenvalue weighted by molar-refractivity contribution is 0.158. The van der Waals surface area contributed by atoms with Crippen LogP contribution in [0.2, 0.25) is 5.02 Å². The Labute approximate surface area is 95.2 Å². The second kappa shape index (κ2) is 5.95. The second-order valence-corrected chi connectivity index (χ2v) is 3.94. The van der Waals surface area contributed by atoms with Gasteiger partial charge in [-0.1, -0.05) is 11.6 Å². The first-order chi connectivity index (χ1) is 7.13. The number of phenolic OH excluding ortho intramolecular Hbond substituents is 1. The van der Waals surface area contributed by atoms with Gasteiger partial charge < -0.3 is 9.84 Å². The van der Waals surface area contributed by atoms with E-state index in [9.17, 15) is 5.11 Å². The molecule has 15 heavy (non-hydrogen) atoms. The van der Waals surface area contributed by atoms with Crippen molar-refractivity contribution in [3.63, 3.8) is 0 Å². The number of halogens is 1. The molecule has 0 atom stereocenters. The largest absolute Gasteiger partial charge is 0.508 e. The molecular weight excluding hydrogens is 214 g/mol. The quantitative estimate of drug-likeness (QED) is 0.840. The Morgan fingerprint density at radius 1 is 1.47 bits per heavy atom. The molecule has 0 amide bonds. The Kier molecular flexibility index (Phi) is 4.88. The first kappa shape index (κ1) is 12.3. The molecule has 0 bridgehead atoms. The Hall–Kier alpha value is -0.770. The van der Waals surface area contributed by atoms with E-state index in [1.807, 2.05) is 7.05 Å². The lowest BCUT2D eigenvalue weighted by atomic mass is 10.2. The number of nitrogens with zero attached hydrogens (tertiary/aromatic N) is 1. The van der Waals surface area contributed by atoms with Crippen molar-refractivity contribution >= 4 is 11.6 Å². The summed E-state index contributed by atoms with van der Waals surface area (Å²) in [6.07, 6.45) is 0. The van der Waals surface area contributed by atoms with Gasteiger partial charge in [-0.3, -0.25) is 4.90 Å². The molecule has 1 aromatic rings. The standard InChI is InChI=1S/C11H16ClNO2/c1-13(5-6-15-2)8-9-7-10(12)3-4-11(9)14/h3-4,7,14H,5-6,8H2,1-2H3. The van der Waals surface area contributed by atoms with Gasteiger partial charge in [0.15, 0.2) is 0 Å². The molecule has 0 unspecified atom stereocenters. The van der Waals surface area contributed by atoms with Crippen molar-refractivity contribution in [3.8, 4) is 5.75 Å². The van der Waals surface area contributed by atoms with Crippen molar-refractivity contribution in [3.05, 3.63) is 28.8 Å². The minimum atomic E-state index is 0.281. The van der Waals surface area contributed by atoms with Crippen LogP contribution in [-0.2, 0) is 11.3 Å². The summed E-state index contributed by atoms with van der Waals surface area (Å²) >= 11 is 5.85. The number of hydrogen-bond acceptors (Lipinski definition) is 3. The summed E-state index contributed by atoms with van der Waals surface area (Å²) < 4.78 is 4.97. The Balaban J connectivity index is 2.59. The summed E-state index contributed by atoms with van der Waals surface area (Å²) in [4.78, 5) is 2.06. The first-order valence-electron chi connectivity index (χ1n) is 4.78. The van der Waals surface area contributed by atoms with Crippen LogP contribution in [0.1, 0.15) is 5.56 Å². The summed E-state index contributed by atoms with van der Waals surface area (Å²) in [5, 5.41) is 10.2. The zero-order valence-corrected chi connectivity index (χ0v) is 9.79. The SMILES string of the molecule is COCCN(C)Cc1cc(Cl)ccc1O. The summed E-state index contributed by atoms with van der Waals surface area (Å²) in [7, 11) is 3.64. The predicted octanol–water partition coefficient (Wildman–Crippen LogP) is 2.12. The van der Waals surface area contributed by atoms with Gasteiger partial charge in [0.2, 0.25) is 0 Å². The van der Waals surface area contributed by atoms with Crippen LogP contribution >= 0.6 is 11.6 Å². The molecular formula is C11H16ClNO2. The van der Waals surface area contributed by atoms with Crippen molar-refractivity contribution in [2.75, 3.05) is 27.3 Å². The minimum absolute atomic E-state index is 0.281. The molecule has 0 aliphatic carbocycles. The van der Waals surface area contributed by atoms with E-state index in [4.69, 9.17) is 16.3 Å². The van der Waals surface area contributed by atoms with Crippen LogP contribution in [0, 0.1) is 0 Å². The Morgan fingerprint density at radius 2 is 2.20 bits per heavy atom. The van der Waals surface area contributed by atoms with E-state index in [1.54, 1.807) is 25.3 Å². The van der Waals surface area contributed by atoms with Crippen LogP contribution in [0.5, 0.6) is 5.75 Å². The summed E-state index contributed by atoms with van der Waals surface area (Å²) in [5.74, 6) is 0.281.